The Morgan fingerprint density at radius 1 is 1.05 bits per heavy atom. The van der Waals surface area contributed by atoms with Crippen LogP contribution in [0, 0.1) is 0 Å². The van der Waals surface area contributed by atoms with Crippen LogP contribution in [0.1, 0.15) is 0 Å². The Kier molecular flexibility index (Phi) is 3.51. The van der Waals surface area contributed by atoms with E-state index in [-0.39, 0.29) is 0 Å². The lowest BCUT2D eigenvalue weighted by Crippen LogP contribution is -1.89. The Hall–Kier alpha value is -1.78. The van der Waals surface area contributed by atoms with Gasteiger partial charge >= 0.3 is 0 Å². The van der Waals surface area contributed by atoms with Crippen molar-refractivity contribution in [1.82, 2.24) is 5.16 Å². The van der Waals surface area contributed by atoms with Gasteiger partial charge in [0.1, 0.15) is 0 Å². The highest BCUT2D eigenvalue weighted by Crippen LogP contribution is 2.39. The molecule has 0 saturated carbocycles. The molecule has 0 aliphatic carbocycles. The highest BCUT2D eigenvalue weighted by molar-refractivity contribution is 9.10. The maximum Gasteiger partial charge on any atom is 0.178 e. The highest BCUT2D eigenvalue weighted by Gasteiger charge is 2.19. The van der Waals surface area contributed by atoms with E-state index < -0.39 is 0 Å². The van der Waals surface area contributed by atoms with Crippen molar-refractivity contribution in [2.75, 3.05) is 5.73 Å². The molecular formula is C15H10BrClN2O. The first-order valence-corrected chi connectivity index (χ1v) is 7.10. The molecule has 2 N–H and O–H groups in total. The minimum atomic E-state index is 0.349. The molecule has 0 bridgehead atoms. The maximum absolute atomic E-state index is 6.22. The first-order valence-electron chi connectivity index (χ1n) is 5.93. The van der Waals surface area contributed by atoms with Crippen LogP contribution in [0.15, 0.2) is 57.5 Å². The minimum Gasteiger partial charge on any atom is -0.380 e. The summed E-state index contributed by atoms with van der Waals surface area (Å²) in [4.78, 5) is 0. The monoisotopic (exact) mass is 348 g/mol. The van der Waals surface area contributed by atoms with E-state index in [1.54, 1.807) is 6.07 Å². The Labute approximate surface area is 129 Å². The van der Waals surface area contributed by atoms with Gasteiger partial charge in [0.25, 0.3) is 0 Å². The fraction of sp³-hybridized carbons (Fsp3) is 0. The van der Waals surface area contributed by atoms with E-state index in [1.807, 2.05) is 42.5 Å². The Bertz CT molecular complexity index is 753. The van der Waals surface area contributed by atoms with E-state index >= 15 is 0 Å². The van der Waals surface area contributed by atoms with Crippen molar-refractivity contribution in [2.45, 2.75) is 0 Å². The maximum atomic E-state index is 6.22. The average Bonchev–Trinajstić information content (AvgIpc) is 2.82. The Morgan fingerprint density at radius 3 is 2.45 bits per heavy atom. The molecule has 0 atom stereocenters. The Morgan fingerprint density at radius 2 is 1.75 bits per heavy atom. The van der Waals surface area contributed by atoms with Gasteiger partial charge in [0.15, 0.2) is 11.6 Å². The standard InChI is InChI=1S/C15H10BrClN2O/c16-10-7-5-9(6-8-10)13-14(20-19-15(13)18)11-3-1-2-4-12(11)17/h1-8H,(H2,18,19). The minimum absolute atomic E-state index is 0.349. The number of nitrogens with zero attached hydrogens (tertiary/aromatic N) is 1. The van der Waals surface area contributed by atoms with Crippen molar-refractivity contribution in [1.29, 1.82) is 0 Å². The second kappa shape index (κ2) is 5.31. The van der Waals surface area contributed by atoms with Crippen molar-refractivity contribution in [3.05, 3.63) is 58.0 Å². The van der Waals surface area contributed by atoms with Crippen LogP contribution in [-0.4, -0.2) is 5.16 Å². The summed E-state index contributed by atoms with van der Waals surface area (Å²) in [5.41, 5.74) is 8.40. The molecule has 0 unspecified atom stereocenters. The molecule has 0 radical (unpaired) electrons. The van der Waals surface area contributed by atoms with E-state index in [2.05, 4.69) is 21.1 Å². The van der Waals surface area contributed by atoms with Crippen LogP contribution >= 0.6 is 27.5 Å². The zero-order chi connectivity index (χ0) is 14.1. The van der Waals surface area contributed by atoms with E-state index in [0.717, 1.165) is 21.2 Å². The number of aromatic nitrogens is 1. The first-order chi connectivity index (χ1) is 9.66. The molecule has 0 amide bonds. The summed E-state index contributed by atoms with van der Waals surface area (Å²) in [5.74, 6) is 0.928. The molecule has 100 valence electrons. The average molecular weight is 350 g/mol. The largest absolute Gasteiger partial charge is 0.380 e. The molecule has 5 heteroatoms. The molecule has 0 spiro atoms. The second-order valence-corrected chi connectivity index (χ2v) is 5.58. The van der Waals surface area contributed by atoms with Gasteiger partial charge in [-0.1, -0.05) is 57.0 Å². The zero-order valence-corrected chi connectivity index (χ0v) is 12.6. The molecule has 0 saturated heterocycles. The molecule has 1 aromatic heterocycles. The van der Waals surface area contributed by atoms with Gasteiger partial charge in [-0.3, -0.25) is 0 Å². The molecule has 0 aliphatic heterocycles. The van der Waals surface area contributed by atoms with Crippen LogP contribution < -0.4 is 5.73 Å². The van der Waals surface area contributed by atoms with Gasteiger partial charge in [-0.15, -0.1) is 0 Å². The lowest BCUT2D eigenvalue weighted by molar-refractivity contribution is 0.436. The summed E-state index contributed by atoms with van der Waals surface area (Å²) < 4.78 is 6.37. The number of hydrogen-bond acceptors (Lipinski definition) is 3. The van der Waals surface area contributed by atoms with E-state index in [4.69, 9.17) is 21.9 Å². The van der Waals surface area contributed by atoms with E-state index in [0.29, 0.717) is 16.6 Å². The first kappa shape index (κ1) is 13.2. The fourth-order valence-electron chi connectivity index (χ4n) is 2.03. The Balaban J connectivity index is 2.20. The fourth-order valence-corrected chi connectivity index (χ4v) is 2.51. The summed E-state index contributed by atoms with van der Waals surface area (Å²) in [6.07, 6.45) is 0. The number of nitrogen functional groups attached to an aromatic ring is 1. The van der Waals surface area contributed by atoms with Gasteiger partial charge in [-0.25, -0.2) is 0 Å². The number of hydrogen-bond donors (Lipinski definition) is 1. The van der Waals surface area contributed by atoms with Crippen molar-refractivity contribution in [3.8, 4) is 22.5 Å². The molecule has 3 aromatic rings. The summed E-state index contributed by atoms with van der Waals surface area (Å²) in [5, 5.41) is 4.46. The molecule has 2 aromatic carbocycles. The number of anilines is 1. The normalized spacial score (nSPS) is 10.7. The van der Waals surface area contributed by atoms with Crippen molar-refractivity contribution in [3.63, 3.8) is 0 Å². The molecule has 3 rings (SSSR count). The van der Waals surface area contributed by atoms with Crippen LogP contribution in [0.4, 0.5) is 5.82 Å². The summed E-state index contributed by atoms with van der Waals surface area (Å²) in [6.45, 7) is 0. The van der Waals surface area contributed by atoms with Crippen LogP contribution in [-0.2, 0) is 0 Å². The molecule has 1 heterocycles. The number of rotatable bonds is 2. The SMILES string of the molecule is Nc1noc(-c2ccccc2Cl)c1-c1ccc(Br)cc1. The highest BCUT2D eigenvalue weighted by atomic mass is 79.9. The number of benzene rings is 2. The third kappa shape index (κ3) is 2.32. The van der Waals surface area contributed by atoms with E-state index in [1.165, 1.54) is 0 Å². The molecule has 0 aliphatic rings. The topological polar surface area (TPSA) is 52.0 Å². The number of halogens is 2. The van der Waals surface area contributed by atoms with Crippen LogP contribution in [0.25, 0.3) is 22.5 Å². The second-order valence-electron chi connectivity index (χ2n) is 4.26. The summed E-state index contributed by atoms with van der Waals surface area (Å²) in [6, 6.07) is 15.2. The van der Waals surface area contributed by atoms with Crippen molar-refractivity contribution < 1.29 is 4.52 Å². The predicted molar refractivity (Wildman–Crippen MR) is 84.5 cm³/mol. The van der Waals surface area contributed by atoms with Crippen LogP contribution in [0.3, 0.4) is 0 Å². The van der Waals surface area contributed by atoms with E-state index in [9.17, 15) is 0 Å². The smallest absolute Gasteiger partial charge is 0.178 e. The van der Waals surface area contributed by atoms with Crippen LogP contribution in [0.2, 0.25) is 5.02 Å². The van der Waals surface area contributed by atoms with Crippen LogP contribution in [0.5, 0.6) is 0 Å². The third-order valence-corrected chi connectivity index (χ3v) is 3.83. The lowest BCUT2D eigenvalue weighted by atomic mass is 10.0. The molecule has 0 fully saturated rings. The summed E-state index contributed by atoms with van der Waals surface area (Å²) >= 11 is 9.63. The quantitative estimate of drug-likeness (QED) is 0.708. The lowest BCUT2D eigenvalue weighted by Gasteiger charge is -2.04. The predicted octanol–water partition coefficient (Wildman–Crippen LogP) is 5.01. The van der Waals surface area contributed by atoms with Gasteiger partial charge in [-0.2, -0.15) is 0 Å². The number of nitrogens with two attached hydrogens (primary N) is 1. The molecular weight excluding hydrogens is 340 g/mol. The zero-order valence-electron chi connectivity index (χ0n) is 10.3. The van der Waals surface area contributed by atoms with Gasteiger partial charge < -0.3 is 10.3 Å². The van der Waals surface area contributed by atoms with Crippen molar-refractivity contribution in [2.24, 2.45) is 0 Å². The summed E-state index contributed by atoms with van der Waals surface area (Å²) in [7, 11) is 0. The van der Waals surface area contributed by atoms with Gasteiger partial charge in [0.2, 0.25) is 0 Å². The van der Waals surface area contributed by atoms with Gasteiger partial charge in [-0.05, 0) is 29.8 Å². The molecule has 3 nitrogen and oxygen atoms in total. The van der Waals surface area contributed by atoms with Gasteiger partial charge in [0, 0.05) is 10.0 Å². The van der Waals surface area contributed by atoms with Gasteiger partial charge in [0.05, 0.1) is 10.6 Å². The molecule has 20 heavy (non-hydrogen) atoms. The third-order valence-electron chi connectivity index (χ3n) is 2.97. The van der Waals surface area contributed by atoms with Crippen molar-refractivity contribution >= 4 is 33.3 Å².